The van der Waals surface area contributed by atoms with Crippen molar-refractivity contribution < 1.29 is 20.1 Å². The van der Waals surface area contributed by atoms with Crippen LogP contribution in [0.5, 0.6) is 5.75 Å². The standard InChI is InChI=1S/C11H14O4/c1-11(2,15)6-7-5-8(12)3-4-9(7)10(13)14/h3-5,12,15H,6H2,1-2H3,(H,13,14). The number of aliphatic hydroxyl groups is 1. The number of phenolic OH excluding ortho intramolecular Hbond substituents is 1. The summed E-state index contributed by atoms with van der Waals surface area (Å²) >= 11 is 0. The summed E-state index contributed by atoms with van der Waals surface area (Å²) in [5.74, 6) is -1.06. The lowest BCUT2D eigenvalue weighted by Crippen LogP contribution is -2.23. The van der Waals surface area contributed by atoms with E-state index in [0.29, 0.717) is 5.56 Å². The quantitative estimate of drug-likeness (QED) is 0.704. The number of carbonyl (C=O) groups is 1. The molecule has 15 heavy (non-hydrogen) atoms. The highest BCUT2D eigenvalue weighted by molar-refractivity contribution is 5.89. The maximum atomic E-state index is 10.9. The largest absolute Gasteiger partial charge is 0.508 e. The van der Waals surface area contributed by atoms with Crippen LogP contribution < -0.4 is 0 Å². The van der Waals surface area contributed by atoms with Gasteiger partial charge in [0.05, 0.1) is 11.2 Å². The van der Waals surface area contributed by atoms with E-state index in [4.69, 9.17) is 5.11 Å². The van der Waals surface area contributed by atoms with E-state index in [9.17, 15) is 15.0 Å². The molecule has 0 radical (unpaired) electrons. The molecule has 1 aromatic carbocycles. The van der Waals surface area contributed by atoms with E-state index in [-0.39, 0.29) is 17.7 Å². The summed E-state index contributed by atoms with van der Waals surface area (Å²) in [6.07, 6.45) is 0.184. The Kier molecular flexibility index (Phi) is 3.00. The normalized spacial score (nSPS) is 11.4. The van der Waals surface area contributed by atoms with Crippen LogP contribution in [0.1, 0.15) is 29.8 Å². The first-order chi connectivity index (χ1) is 6.79. The summed E-state index contributed by atoms with van der Waals surface area (Å²) in [4.78, 5) is 10.9. The van der Waals surface area contributed by atoms with E-state index in [1.165, 1.54) is 18.2 Å². The number of rotatable bonds is 3. The summed E-state index contributed by atoms with van der Waals surface area (Å²) in [7, 11) is 0. The number of benzene rings is 1. The summed E-state index contributed by atoms with van der Waals surface area (Å²) in [6, 6.07) is 4.01. The van der Waals surface area contributed by atoms with Crippen molar-refractivity contribution in [1.29, 1.82) is 0 Å². The van der Waals surface area contributed by atoms with Crippen LogP contribution in [0.4, 0.5) is 0 Å². The van der Waals surface area contributed by atoms with Crippen molar-refractivity contribution >= 4 is 5.97 Å². The van der Waals surface area contributed by atoms with E-state index in [2.05, 4.69) is 0 Å². The first kappa shape index (κ1) is 11.5. The van der Waals surface area contributed by atoms with Crippen LogP contribution in [0.25, 0.3) is 0 Å². The smallest absolute Gasteiger partial charge is 0.335 e. The van der Waals surface area contributed by atoms with Crippen LogP contribution in [0, 0.1) is 0 Å². The number of carboxylic acids is 1. The Balaban J connectivity index is 3.13. The molecule has 0 spiro atoms. The van der Waals surface area contributed by atoms with E-state index in [1.807, 2.05) is 0 Å². The lowest BCUT2D eigenvalue weighted by molar-refractivity contribution is 0.0686. The molecule has 0 amide bonds. The molecule has 0 saturated heterocycles. The molecule has 4 nitrogen and oxygen atoms in total. The first-order valence-corrected chi connectivity index (χ1v) is 4.57. The van der Waals surface area contributed by atoms with Gasteiger partial charge in [0.15, 0.2) is 0 Å². The zero-order valence-corrected chi connectivity index (χ0v) is 8.69. The second kappa shape index (κ2) is 3.90. The number of aromatic hydroxyl groups is 1. The summed E-state index contributed by atoms with van der Waals surface area (Å²) in [5.41, 5.74) is -0.470. The second-order valence-electron chi connectivity index (χ2n) is 4.14. The SMILES string of the molecule is CC(C)(O)Cc1cc(O)ccc1C(=O)O. The van der Waals surface area contributed by atoms with Gasteiger partial charge in [0.25, 0.3) is 0 Å². The van der Waals surface area contributed by atoms with Crippen LogP contribution in [-0.2, 0) is 6.42 Å². The molecule has 0 aliphatic heterocycles. The van der Waals surface area contributed by atoms with Gasteiger partial charge < -0.3 is 15.3 Å². The topological polar surface area (TPSA) is 77.8 Å². The zero-order chi connectivity index (χ0) is 11.6. The number of carboxylic acid groups (broad SMARTS) is 1. The molecule has 82 valence electrons. The van der Waals surface area contributed by atoms with Crippen molar-refractivity contribution in [2.24, 2.45) is 0 Å². The Morgan fingerprint density at radius 2 is 2.00 bits per heavy atom. The highest BCUT2D eigenvalue weighted by atomic mass is 16.4. The van der Waals surface area contributed by atoms with Crippen LogP contribution >= 0.6 is 0 Å². The van der Waals surface area contributed by atoms with Crippen molar-refractivity contribution in [2.75, 3.05) is 0 Å². The summed E-state index contributed by atoms with van der Waals surface area (Å²) in [6.45, 7) is 3.17. The van der Waals surface area contributed by atoms with Crippen LogP contribution in [-0.4, -0.2) is 26.9 Å². The van der Waals surface area contributed by atoms with Gasteiger partial charge in [-0.3, -0.25) is 0 Å². The molecular formula is C11H14O4. The van der Waals surface area contributed by atoms with Crippen molar-refractivity contribution in [3.63, 3.8) is 0 Å². The third kappa shape index (κ3) is 3.25. The fourth-order valence-electron chi connectivity index (χ4n) is 1.40. The third-order valence-corrected chi connectivity index (χ3v) is 1.94. The molecule has 3 N–H and O–H groups in total. The maximum absolute atomic E-state index is 10.9. The first-order valence-electron chi connectivity index (χ1n) is 4.57. The molecule has 0 atom stereocenters. The Morgan fingerprint density at radius 3 is 2.47 bits per heavy atom. The summed E-state index contributed by atoms with van der Waals surface area (Å²) in [5, 5.41) is 27.7. The molecule has 1 aromatic rings. The van der Waals surface area contributed by atoms with E-state index < -0.39 is 11.6 Å². The second-order valence-corrected chi connectivity index (χ2v) is 4.14. The fourth-order valence-corrected chi connectivity index (χ4v) is 1.40. The average molecular weight is 210 g/mol. The minimum absolute atomic E-state index is 0.000694. The van der Waals surface area contributed by atoms with Gasteiger partial charge in [0, 0.05) is 6.42 Å². The van der Waals surface area contributed by atoms with E-state index in [1.54, 1.807) is 13.8 Å². The number of hydrogen-bond donors (Lipinski definition) is 3. The number of hydrogen-bond acceptors (Lipinski definition) is 3. The zero-order valence-electron chi connectivity index (χ0n) is 8.69. The van der Waals surface area contributed by atoms with E-state index >= 15 is 0 Å². The Bertz CT molecular complexity index is 377. The molecule has 0 unspecified atom stereocenters. The average Bonchev–Trinajstić information content (AvgIpc) is 1.99. The predicted molar refractivity (Wildman–Crippen MR) is 55.1 cm³/mol. The van der Waals surface area contributed by atoms with Gasteiger partial charge >= 0.3 is 5.97 Å². The minimum Gasteiger partial charge on any atom is -0.508 e. The van der Waals surface area contributed by atoms with Gasteiger partial charge in [-0.25, -0.2) is 4.79 Å². The van der Waals surface area contributed by atoms with Crippen molar-refractivity contribution in [1.82, 2.24) is 0 Å². The van der Waals surface area contributed by atoms with Gasteiger partial charge in [-0.15, -0.1) is 0 Å². The van der Waals surface area contributed by atoms with Gasteiger partial charge in [-0.1, -0.05) is 0 Å². The van der Waals surface area contributed by atoms with Crippen LogP contribution in [0.2, 0.25) is 0 Å². The minimum atomic E-state index is -1.06. The van der Waals surface area contributed by atoms with Crippen molar-refractivity contribution in [3.8, 4) is 5.75 Å². The third-order valence-electron chi connectivity index (χ3n) is 1.94. The Hall–Kier alpha value is -1.55. The molecule has 0 fully saturated rings. The van der Waals surface area contributed by atoms with Gasteiger partial charge in [-0.05, 0) is 37.6 Å². The molecule has 0 heterocycles. The highest BCUT2D eigenvalue weighted by Gasteiger charge is 2.19. The Morgan fingerprint density at radius 1 is 1.40 bits per heavy atom. The number of aromatic carboxylic acids is 1. The number of phenols is 1. The molecule has 4 heteroatoms. The highest BCUT2D eigenvalue weighted by Crippen LogP contribution is 2.21. The Labute approximate surface area is 87.8 Å². The summed E-state index contributed by atoms with van der Waals surface area (Å²) < 4.78 is 0. The molecule has 0 aromatic heterocycles. The molecule has 0 bridgehead atoms. The lowest BCUT2D eigenvalue weighted by Gasteiger charge is -2.18. The van der Waals surface area contributed by atoms with E-state index in [0.717, 1.165) is 0 Å². The van der Waals surface area contributed by atoms with Gasteiger partial charge in [0.1, 0.15) is 5.75 Å². The van der Waals surface area contributed by atoms with Crippen LogP contribution in [0.3, 0.4) is 0 Å². The van der Waals surface area contributed by atoms with Crippen LogP contribution in [0.15, 0.2) is 18.2 Å². The lowest BCUT2D eigenvalue weighted by atomic mass is 9.94. The molecule has 0 saturated carbocycles. The molecular weight excluding hydrogens is 196 g/mol. The van der Waals surface area contributed by atoms with Gasteiger partial charge in [0.2, 0.25) is 0 Å². The van der Waals surface area contributed by atoms with Crippen molar-refractivity contribution in [2.45, 2.75) is 25.9 Å². The molecule has 0 aliphatic carbocycles. The predicted octanol–water partition coefficient (Wildman–Crippen LogP) is 1.40. The monoisotopic (exact) mass is 210 g/mol. The maximum Gasteiger partial charge on any atom is 0.335 e. The van der Waals surface area contributed by atoms with Crippen molar-refractivity contribution in [3.05, 3.63) is 29.3 Å². The molecule has 0 aliphatic rings. The molecule has 1 rings (SSSR count). The fraction of sp³-hybridized carbons (Fsp3) is 0.364. The van der Waals surface area contributed by atoms with Gasteiger partial charge in [-0.2, -0.15) is 0 Å².